The van der Waals surface area contributed by atoms with E-state index < -0.39 is 0 Å². The molecule has 3 aromatic rings. The van der Waals surface area contributed by atoms with Crippen LogP contribution in [-0.4, -0.2) is 10.2 Å². The summed E-state index contributed by atoms with van der Waals surface area (Å²) in [6.45, 7) is 4.35. The van der Waals surface area contributed by atoms with Crippen LogP contribution in [0.1, 0.15) is 17.0 Å². The molecule has 0 saturated carbocycles. The van der Waals surface area contributed by atoms with Gasteiger partial charge in [0.1, 0.15) is 5.75 Å². The second kappa shape index (κ2) is 6.32. The van der Waals surface area contributed by atoms with Crippen molar-refractivity contribution >= 4 is 15.9 Å². The number of nitrogens with zero attached hydrogens (tertiary/aromatic N) is 2. The van der Waals surface area contributed by atoms with Crippen LogP contribution in [0.5, 0.6) is 5.75 Å². The Hall–Kier alpha value is -2.14. The maximum atomic E-state index is 5.77. The topological polar surface area (TPSA) is 48.2 Å². The largest absolute Gasteiger partial charge is 0.484 e. The van der Waals surface area contributed by atoms with E-state index in [1.807, 2.05) is 43.3 Å². The van der Waals surface area contributed by atoms with E-state index in [0.717, 1.165) is 21.3 Å². The average molecular weight is 359 g/mol. The van der Waals surface area contributed by atoms with Crippen molar-refractivity contribution in [1.29, 1.82) is 0 Å². The molecule has 0 N–H and O–H groups in total. The first kappa shape index (κ1) is 14.8. The van der Waals surface area contributed by atoms with E-state index in [9.17, 15) is 0 Å². The molecule has 0 atom stereocenters. The molecule has 112 valence electrons. The molecule has 0 spiro atoms. The Morgan fingerprint density at radius 2 is 1.82 bits per heavy atom. The minimum Gasteiger partial charge on any atom is -0.484 e. The highest BCUT2D eigenvalue weighted by Crippen LogP contribution is 2.23. The summed E-state index contributed by atoms with van der Waals surface area (Å²) in [7, 11) is 0. The van der Waals surface area contributed by atoms with Gasteiger partial charge in [0.25, 0.3) is 5.89 Å². The number of halogens is 1. The zero-order chi connectivity index (χ0) is 15.5. The van der Waals surface area contributed by atoms with Gasteiger partial charge in [-0.15, -0.1) is 10.2 Å². The predicted molar refractivity (Wildman–Crippen MR) is 87.7 cm³/mol. The molecule has 0 radical (unpaired) electrons. The van der Waals surface area contributed by atoms with Gasteiger partial charge in [-0.25, -0.2) is 0 Å². The summed E-state index contributed by atoms with van der Waals surface area (Å²) in [5.74, 6) is 1.79. The molecule has 0 bridgehead atoms. The molecule has 0 aliphatic carbocycles. The lowest BCUT2D eigenvalue weighted by atomic mass is 10.1. The number of hydrogen-bond acceptors (Lipinski definition) is 4. The van der Waals surface area contributed by atoms with Crippen LogP contribution < -0.4 is 4.74 Å². The van der Waals surface area contributed by atoms with Gasteiger partial charge in [0.15, 0.2) is 6.61 Å². The fourth-order valence-electron chi connectivity index (χ4n) is 2.04. The first-order chi connectivity index (χ1) is 10.6. The van der Waals surface area contributed by atoms with Crippen LogP contribution in [0.2, 0.25) is 0 Å². The zero-order valence-corrected chi connectivity index (χ0v) is 13.9. The van der Waals surface area contributed by atoms with Gasteiger partial charge in [0, 0.05) is 10.0 Å². The summed E-state index contributed by atoms with van der Waals surface area (Å²) in [5.41, 5.74) is 3.20. The van der Waals surface area contributed by atoms with E-state index in [1.165, 1.54) is 5.56 Å². The minimum absolute atomic E-state index is 0.258. The van der Waals surface area contributed by atoms with E-state index in [-0.39, 0.29) is 6.61 Å². The molecular weight excluding hydrogens is 344 g/mol. The van der Waals surface area contributed by atoms with E-state index >= 15 is 0 Å². The SMILES string of the molecule is Cc1cccc(OCc2nnc(-c3ccc(Br)cc3)o2)c1C. The third kappa shape index (κ3) is 3.20. The van der Waals surface area contributed by atoms with Gasteiger partial charge in [0.05, 0.1) is 0 Å². The van der Waals surface area contributed by atoms with E-state index in [4.69, 9.17) is 9.15 Å². The molecule has 22 heavy (non-hydrogen) atoms. The second-order valence-corrected chi connectivity index (χ2v) is 5.91. The molecule has 0 unspecified atom stereocenters. The van der Waals surface area contributed by atoms with Gasteiger partial charge >= 0.3 is 0 Å². The number of benzene rings is 2. The van der Waals surface area contributed by atoms with Crippen LogP contribution in [0.3, 0.4) is 0 Å². The van der Waals surface area contributed by atoms with Crippen LogP contribution in [0.4, 0.5) is 0 Å². The Labute approximate surface area is 137 Å². The normalized spacial score (nSPS) is 10.7. The Morgan fingerprint density at radius 1 is 1.05 bits per heavy atom. The summed E-state index contributed by atoms with van der Waals surface area (Å²) >= 11 is 3.40. The maximum Gasteiger partial charge on any atom is 0.254 e. The number of hydrogen-bond donors (Lipinski definition) is 0. The van der Waals surface area contributed by atoms with Crippen molar-refractivity contribution in [2.24, 2.45) is 0 Å². The molecule has 0 amide bonds. The highest BCUT2D eigenvalue weighted by atomic mass is 79.9. The fourth-order valence-corrected chi connectivity index (χ4v) is 2.31. The number of rotatable bonds is 4. The lowest BCUT2D eigenvalue weighted by Gasteiger charge is -2.08. The Bertz CT molecular complexity index is 782. The van der Waals surface area contributed by atoms with Gasteiger partial charge in [-0.1, -0.05) is 28.1 Å². The molecule has 1 heterocycles. The van der Waals surface area contributed by atoms with Crippen molar-refractivity contribution in [3.05, 3.63) is 64.0 Å². The third-order valence-electron chi connectivity index (χ3n) is 3.46. The van der Waals surface area contributed by atoms with Crippen LogP contribution >= 0.6 is 15.9 Å². The summed E-state index contributed by atoms with van der Waals surface area (Å²) in [5, 5.41) is 8.09. The van der Waals surface area contributed by atoms with Crippen LogP contribution in [-0.2, 0) is 6.61 Å². The maximum absolute atomic E-state index is 5.77. The van der Waals surface area contributed by atoms with Crippen molar-refractivity contribution in [2.75, 3.05) is 0 Å². The summed E-state index contributed by atoms with van der Waals surface area (Å²) in [6, 6.07) is 13.7. The molecule has 0 aliphatic heterocycles. The van der Waals surface area contributed by atoms with Gasteiger partial charge in [0.2, 0.25) is 5.89 Å². The quantitative estimate of drug-likeness (QED) is 0.678. The van der Waals surface area contributed by atoms with E-state index in [0.29, 0.717) is 11.8 Å². The van der Waals surface area contributed by atoms with Gasteiger partial charge in [-0.2, -0.15) is 0 Å². The van der Waals surface area contributed by atoms with Gasteiger partial charge in [-0.05, 0) is 55.3 Å². The number of aromatic nitrogens is 2. The van der Waals surface area contributed by atoms with Crippen LogP contribution in [0, 0.1) is 13.8 Å². The molecular formula is C17H15BrN2O2. The zero-order valence-electron chi connectivity index (χ0n) is 12.3. The van der Waals surface area contributed by atoms with Crippen molar-refractivity contribution in [2.45, 2.75) is 20.5 Å². The molecule has 0 saturated heterocycles. The third-order valence-corrected chi connectivity index (χ3v) is 3.99. The first-order valence-electron chi connectivity index (χ1n) is 6.91. The van der Waals surface area contributed by atoms with Gasteiger partial charge < -0.3 is 9.15 Å². The van der Waals surface area contributed by atoms with Crippen molar-refractivity contribution in [1.82, 2.24) is 10.2 Å². The lowest BCUT2D eigenvalue weighted by Crippen LogP contribution is -1.98. The Balaban J connectivity index is 1.72. The average Bonchev–Trinajstić information content (AvgIpc) is 2.98. The van der Waals surface area contributed by atoms with E-state index in [2.05, 4.69) is 39.1 Å². The van der Waals surface area contributed by atoms with Crippen LogP contribution in [0.15, 0.2) is 51.4 Å². The predicted octanol–water partition coefficient (Wildman–Crippen LogP) is 4.69. The van der Waals surface area contributed by atoms with E-state index in [1.54, 1.807) is 0 Å². The monoisotopic (exact) mass is 358 g/mol. The smallest absolute Gasteiger partial charge is 0.254 e. The standard InChI is InChI=1S/C17H15BrN2O2/c1-11-4-3-5-15(12(11)2)21-10-16-19-20-17(22-16)13-6-8-14(18)9-7-13/h3-9H,10H2,1-2H3. The highest BCUT2D eigenvalue weighted by molar-refractivity contribution is 9.10. The summed E-state index contributed by atoms with van der Waals surface area (Å²) in [4.78, 5) is 0. The van der Waals surface area contributed by atoms with Crippen molar-refractivity contribution in [3.63, 3.8) is 0 Å². The molecule has 0 fully saturated rings. The summed E-state index contributed by atoms with van der Waals surface area (Å²) in [6.07, 6.45) is 0. The number of ether oxygens (including phenoxy) is 1. The first-order valence-corrected chi connectivity index (χ1v) is 7.70. The van der Waals surface area contributed by atoms with Crippen molar-refractivity contribution < 1.29 is 9.15 Å². The molecule has 2 aromatic carbocycles. The molecule has 5 heteroatoms. The molecule has 1 aromatic heterocycles. The van der Waals surface area contributed by atoms with Crippen molar-refractivity contribution in [3.8, 4) is 17.2 Å². The Kier molecular flexibility index (Phi) is 4.24. The number of aryl methyl sites for hydroxylation is 1. The summed E-state index contributed by atoms with van der Waals surface area (Å²) < 4.78 is 12.4. The second-order valence-electron chi connectivity index (χ2n) is 4.99. The molecule has 0 aliphatic rings. The lowest BCUT2D eigenvalue weighted by molar-refractivity contribution is 0.263. The highest BCUT2D eigenvalue weighted by Gasteiger charge is 2.10. The Morgan fingerprint density at radius 3 is 2.59 bits per heavy atom. The molecule has 3 rings (SSSR count). The minimum atomic E-state index is 0.258. The fraction of sp³-hybridized carbons (Fsp3) is 0.176. The van der Waals surface area contributed by atoms with Gasteiger partial charge in [-0.3, -0.25) is 0 Å². The molecule has 4 nitrogen and oxygen atoms in total. The van der Waals surface area contributed by atoms with Crippen LogP contribution in [0.25, 0.3) is 11.5 Å².